The molecular formula is C14H21N3O2. The number of carbonyl (C=O) groups excluding carboxylic acids is 1. The summed E-state index contributed by atoms with van der Waals surface area (Å²) in [6.07, 6.45) is 5.80. The maximum absolute atomic E-state index is 12.3. The van der Waals surface area contributed by atoms with E-state index in [1.54, 1.807) is 6.20 Å². The molecule has 0 aromatic carbocycles. The van der Waals surface area contributed by atoms with Gasteiger partial charge < -0.3 is 10.0 Å². The van der Waals surface area contributed by atoms with E-state index >= 15 is 0 Å². The number of nitrogens with zero attached hydrogens (tertiary/aromatic N) is 3. The molecule has 1 aliphatic heterocycles. The van der Waals surface area contributed by atoms with Crippen molar-refractivity contribution in [2.45, 2.75) is 33.1 Å². The van der Waals surface area contributed by atoms with E-state index in [-0.39, 0.29) is 17.9 Å². The lowest BCUT2D eigenvalue weighted by Gasteiger charge is -2.40. The Morgan fingerprint density at radius 3 is 2.53 bits per heavy atom. The second kappa shape index (κ2) is 5.65. The van der Waals surface area contributed by atoms with E-state index < -0.39 is 0 Å². The zero-order valence-electron chi connectivity index (χ0n) is 11.6. The molecule has 5 heteroatoms. The largest absolute Gasteiger partial charge is 0.396 e. The molecule has 0 saturated carbocycles. The minimum atomic E-state index is -0.0601. The third kappa shape index (κ3) is 2.92. The van der Waals surface area contributed by atoms with Gasteiger partial charge in [0, 0.05) is 25.9 Å². The monoisotopic (exact) mass is 263 g/mol. The second-order valence-electron chi connectivity index (χ2n) is 5.35. The van der Waals surface area contributed by atoms with Crippen molar-refractivity contribution in [3.8, 4) is 0 Å². The quantitative estimate of drug-likeness (QED) is 0.895. The maximum Gasteiger partial charge on any atom is 0.274 e. The lowest BCUT2D eigenvalue weighted by molar-refractivity contribution is 0.0334. The molecule has 5 nitrogen and oxygen atoms in total. The summed E-state index contributed by atoms with van der Waals surface area (Å²) in [4.78, 5) is 22.3. The average Bonchev–Trinajstić information content (AvgIpc) is 2.47. The van der Waals surface area contributed by atoms with Gasteiger partial charge in [-0.05, 0) is 31.6 Å². The molecule has 1 amide bonds. The number of piperidine rings is 1. The predicted octanol–water partition coefficient (Wildman–Crippen LogP) is 1.41. The van der Waals surface area contributed by atoms with E-state index in [0.29, 0.717) is 18.8 Å². The molecule has 104 valence electrons. The highest BCUT2D eigenvalue weighted by atomic mass is 16.3. The van der Waals surface area contributed by atoms with Crippen molar-refractivity contribution >= 4 is 5.91 Å². The normalized spacial score (nSPS) is 18.4. The predicted molar refractivity (Wildman–Crippen MR) is 71.7 cm³/mol. The SMILES string of the molecule is CCC1(CO)CCN(C(=O)c2cnc(C)cn2)CC1. The van der Waals surface area contributed by atoms with Gasteiger partial charge in [0.1, 0.15) is 5.69 Å². The Kier molecular flexibility index (Phi) is 4.14. The Hall–Kier alpha value is -1.49. The molecule has 0 bridgehead atoms. The van der Waals surface area contributed by atoms with Crippen molar-refractivity contribution in [3.63, 3.8) is 0 Å². The molecule has 2 heterocycles. The molecule has 1 fully saturated rings. The Labute approximate surface area is 113 Å². The van der Waals surface area contributed by atoms with Crippen LogP contribution >= 0.6 is 0 Å². The number of aromatic nitrogens is 2. The highest BCUT2D eigenvalue weighted by molar-refractivity contribution is 5.92. The first-order chi connectivity index (χ1) is 9.10. The van der Waals surface area contributed by atoms with E-state index in [9.17, 15) is 9.90 Å². The van der Waals surface area contributed by atoms with Crippen molar-refractivity contribution < 1.29 is 9.90 Å². The van der Waals surface area contributed by atoms with Crippen LogP contribution in [0.3, 0.4) is 0 Å². The van der Waals surface area contributed by atoms with Crippen molar-refractivity contribution in [3.05, 3.63) is 23.8 Å². The zero-order chi connectivity index (χ0) is 13.9. The first-order valence-electron chi connectivity index (χ1n) is 6.79. The van der Waals surface area contributed by atoms with Crippen LogP contribution in [0.25, 0.3) is 0 Å². The van der Waals surface area contributed by atoms with Crippen LogP contribution < -0.4 is 0 Å². The van der Waals surface area contributed by atoms with Crippen LogP contribution in [0.4, 0.5) is 0 Å². The number of aryl methyl sites for hydroxylation is 1. The number of rotatable bonds is 3. The van der Waals surface area contributed by atoms with Crippen LogP contribution in [-0.4, -0.2) is 45.6 Å². The number of aliphatic hydroxyl groups excluding tert-OH is 1. The van der Waals surface area contributed by atoms with Crippen molar-refractivity contribution in [2.75, 3.05) is 19.7 Å². The van der Waals surface area contributed by atoms with Crippen LogP contribution in [-0.2, 0) is 0 Å². The van der Waals surface area contributed by atoms with Crippen LogP contribution in [0.1, 0.15) is 42.4 Å². The number of hydrogen-bond donors (Lipinski definition) is 1. The highest BCUT2D eigenvalue weighted by Gasteiger charge is 2.34. The second-order valence-corrected chi connectivity index (χ2v) is 5.35. The molecule has 1 aromatic rings. The van der Waals surface area contributed by atoms with Crippen molar-refractivity contribution in [1.29, 1.82) is 0 Å². The van der Waals surface area contributed by atoms with Gasteiger partial charge >= 0.3 is 0 Å². The van der Waals surface area contributed by atoms with Crippen LogP contribution in [0, 0.1) is 12.3 Å². The van der Waals surface area contributed by atoms with Gasteiger partial charge in [0.25, 0.3) is 5.91 Å². The number of hydrogen-bond acceptors (Lipinski definition) is 4. The van der Waals surface area contributed by atoms with Crippen LogP contribution in [0.2, 0.25) is 0 Å². The Bertz CT molecular complexity index is 431. The molecule has 0 aliphatic carbocycles. The van der Waals surface area contributed by atoms with Crippen molar-refractivity contribution in [2.24, 2.45) is 5.41 Å². The fraction of sp³-hybridized carbons (Fsp3) is 0.643. The third-order valence-electron chi connectivity index (χ3n) is 4.20. The zero-order valence-corrected chi connectivity index (χ0v) is 11.6. The molecule has 1 aliphatic rings. The summed E-state index contributed by atoms with van der Waals surface area (Å²) in [5, 5.41) is 9.49. The minimum absolute atomic E-state index is 0.00423. The van der Waals surface area contributed by atoms with Crippen LogP contribution in [0.15, 0.2) is 12.4 Å². The van der Waals surface area contributed by atoms with Gasteiger partial charge in [-0.25, -0.2) is 4.98 Å². The first kappa shape index (κ1) is 13.9. The van der Waals surface area contributed by atoms with E-state index in [4.69, 9.17) is 0 Å². The molecule has 0 unspecified atom stereocenters. The summed E-state index contributed by atoms with van der Waals surface area (Å²) >= 11 is 0. The Balaban J connectivity index is 2.01. The number of likely N-dealkylation sites (tertiary alicyclic amines) is 1. The lowest BCUT2D eigenvalue weighted by atomic mass is 9.77. The third-order valence-corrected chi connectivity index (χ3v) is 4.20. The number of aliphatic hydroxyl groups is 1. The molecule has 0 radical (unpaired) electrons. The molecule has 2 rings (SSSR count). The number of amides is 1. The Morgan fingerprint density at radius 2 is 2.05 bits per heavy atom. The molecule has 19 heavy (non-hydrogen) atoms. The summed E-state index contributed by atoms with van der Waals surface area (Å²) in [6, 6.07) is 0. The van der Waals surface area contributed by atoms with Gasteiger partial charge in [0.15, 0.2) is 0 Å². The van der Waals surface area contributed by atoms with Gasteiger partial charge in [-0.1, -0.05) is 6.92 Å². The summed E-state index contributed by atoms with van der Waals surface area (Å²) < 4.78 is 0. The summed E-state index contributed by atoms with van der Waals surface area (Å²) in [6.45, 7) is 5.51. The summed E-state index contributed by atoms with van der Waals surface area (Å²) in [7, 11) is 0. The first-order valence-corrected chi connectivity index (χ1v) is 6.79. The van der Waals surface area contributed by atoms with Gasteiger partial charge in [0.05, 0.1) is 11.9 Å². The molecule has 0 spiro atoms. The minimum Gasteiger partial charge on any atom is -0.396 e. The van der Waals surface area contributed by atoms with E-state index in [1.807, 2.05) is 11.8 Å². The fourth-order valence-electron chi connectivity index (χ4n) is 2.47. The molecule has 0 atom stereocenters. The average molecular weight is 263 g/mol. The Morgan fingerprint density at radius 1 is 1.37 bits per heavy atom. The van der Waals surface area contributed by atoms with Gasteiger partial charge in [-0.15, -0.1) is 0 Å². The van der Waals surface area contributed by atoms with Crippen LogP contribution in [0.5, 0.6) is 0 Å². The van der Waals surface area contributed by atoms with E-state index in [1.165, 1.54) is 6.20 Å². The molecule has 1 saturated heterocycles. The maximum atomic E-state index is 12.3. The smallest absolute Gasteiger partial charge is 0.274 e. The summed E-state index contributed by atoms with van der Waals surface area (Å²) in [5.74, 6) is -0.0601. The molecular weight excluding hydrogens is 242 g/mol. The van der Waals surface area contributed by atoms with E-state index in [2.05, 4.69) is 16.9 Å². The fourth-order valence-corrected chi connectivity index (χ4v) is 2.47. The van der Waals surface area contributed by atoms with Crippen molar-refractivity contribution in [1.82, 2.24) is 14.9 Å². The summed E-state index contributed by atoms with van der Waals surface area (Å²) in [5.41, 5.74) is 1.20. The molecule has 1 N–H and O–H groups in total. The standard InChI is InChI=1S/C14H21N3O2/c1-3-14(10-18)4-6-17(7-5-14)13(19)12-9-15-11(2)8-16-12/h8-9,18H,3-7,10H2,1-2H3. The van der Waals surface area contributed by atoms with E-state index in [0.717, 1.165) is 25.0 Å². The highest BCUT2D eigenvalue weighted by Crippen LogP contribution is 2.34. The van der Waals surface area contributed by atoms with Gasteiger partial charge in [-0.3, -0.25) is 9.78 Å². The topological polar surface area (TPSA) is 66.3 Å². The molecule has 1 aromatic heterocycles. The lowest BCUT2D eigenvalue weighted by Crippen LogP contribution is -2.44. The van der Waals surface area contributed by atoms with Gasteiger partial charge in [0.2, 0.25) is 0 Å². The number of carbonyl (C=O) groups is 1. The van der Waals surface area contributed by atoms with Gasteiger partial charge in [-0.2, -0.15) is 0 Å².